The average Bonchev–Trinajstić information content (AvgIpc) is 2.88. The number of anilines is 2. The molecule has 0 fully saturated rings. The standard InChI is InChI=1S/C31H46N2O4/c32-26-20-16-18-22-28(26)36-30(34)24-14-12-10-8-6-4-2-1-3-5-7-9-11-13-15-25-31(35)37-29-23-19-17-21-27(29)33/h16-23H,1-15,24-25,32-33H2. The highest BCUT2D eigenvalue weighted by atomic mass is 16.5. The van der Waals surface area contributed by atoms with E-state index < -0.39 is 0 Å². The van der Waals surface area contributed by atoms with Crippen molar-refractivity contribution in [3.63, 3.8) is 0 Å². The van der Waals surface area contributed by atoms with Gasteiger partial charge in [-0.05, 0) is 37.1 Å². The fourth-order valence-electron chi connectivity index (χ4n) is 4.33. The quantitative estimate of drug-likeness (QED) is 0.0809. The van der Waals surface area contributed by atoms with E-state index in [0.717, 1.165) is 25.7 Å². The van der Waals surface area contributed by atoms with Gasteiger partial charge in [0.1, 0.15) is 0 Å². The maximum atomic E-state index is 11.9. The van der Waals surface area contributed by atoms with Crippen molar-refractivity contribution in [1.82, 2.24) is 0 Å². The first-order chi connectivity index (χ1) is 18.1. The lowest BCUT2D eigenvalue weighted by Gasteiger charge is -2.07. The molecule has 0 spiro atoms. The van der Waals surface area contributed by atoms with E-state index in [2.05, 4.69) is 0 Å². The summed E-state index contributed by atoms with van der Waals surface area (Å²) in [4.78, 5) is 23.8. The van der Waals surface area contributed by atoms with Gasteiger partial charge in [-0.1, -0.05) is 108 Å². The Bertz CT molecular complexity index is 842. The molecule has 2 aromatic rings. The van der Waals surface area contributed by atoms with E-state index in [9.17, 15) is 9.59 Å². The number of carbonyl (C=O) groups is 2. The lowest BCUT2D eigenvalue weighted by molar-refractivity contribution is -0.135. The molecule has 0 aromatic heterocycles. The van der Waals surface area contributed by atoms with Gasteiger partial charge in [0, 0.05) is 12.8 Å². The zero-order chi connectivity index (χ0) is 26.6. The molecular formula is C31H46N2O4. The van der Waals surface area contributed by atoms with E-state index in [-0.39, 0.29) is 11.9 Å². The minimum atomic E-state index is -0.201. The summed E-state index contributed by atoms with van der Waals surface area (Å²) in [5.74, 6) is 0.509. The van der Waals surface area contributed by atoms with Crippen LogP contribution in [0.1, 0.15) is 109 Å². The number of nitrogen functional groups attached to an aromatic ring is 2. The van der Waals surface area contributed by atoms with Crippen molar-refractivity contribution in [3.8, 4) is 11.5 Å². The van der Waals surface area contributed by atoms with Crippen molar-refractivity contribution in [2.24, 2.45) is 0 Å². The van der Waals surface area contributed by atoms with E-state index in [1.54, 1.807) is 24.3 Å². The number of hydrogen-bond donors (Lipinski definition) is 2. The molecule has 6 nitrogen and oxygen atoms in total. The van der Waals surface area contributed by atoms with Gasteiger partial charge in [0.05, 0.1) is 11.4 Å². The third-order valence-electron chi connectivity index (χ3n) is 6.55. The molecular weight excluding hydrogens is 464 g/mol. The number of para-hydroxylation sites is 4. The van der Waals surface area contributed by atoms with E-state index >= 15 is 0 Å². The molecule has 6 heteroatoms. The molecule has 0 saturated carbocycles. The predicted molar refractivity (Wildman–Crippen MR) is 151 cm³/mol. The molecule has 0 unspecified atom stereocenters. The lowest BCUT2D eigenvalue weighted by Crippen LogP contribution is -2.08. The summed E-state index contributed by atoms with van der Waals surface area (Å²) in [6.45, 7) is 0. The molecule has 37 heavy (non-hydrogen) atoms. The smallest absolute Gasteiger partial charge is 0.311 e. The van der Waals surface area contributed by atoms with Gasteiger partial charge < -0.3 is 20.9 Å². The summed E-state index contributed by atoms with van der Waals surface area (Å²) in [6, 6.07) is 14.2. The Kier molecular flexibility index (Phi) is 15.6. The van der Waals surface area contributed by atoms with Gasteiger partial charge in [-0.15, -0.1) is 0 Å². The van der Waals surface area contributed by atoms with Crippen molar-refractivity contribution in [2.45, 2.75) is 109 Å². The Morgan fingerprint density at radius 1 is 0.459 bits per heavy atom. The summed E-state index contributed by atoms with van der Waals surface area (Å²) in [5.41, 5.74) is 12.6. The highest BCUT2D eigenvalue weighted by Crippen LogP contribution is 2.22. The minimum Gasteiger partial charge on any atom is -0.424 e. The normalized spacial score (nSPS) is 10.8. The molecule has 0 bridgehead atoms. The lowest BCUT2D eigenvalue weighted by atomic mass is 10.0. The van der Waals surface area contributed by atoms with Gasteiger partial charge in [-0.2, -0.15) is 0 Å². The Hall–Kier alpha value is -3.02. The van der Waals surface area contributed by atoms with Crippen LogP contribution in [-0.2, 0) is 9.59 Å². The van der Waals surface area contributed by atoms with E-state index in [0.29, 0.717) is 35.7 Å². The zero-order valence-electron chi connectivity index (χ0n) is 22.4. The number of hydrogen-bond acceptors (Lipinski definition) is 6. The number of benzene rings is 2. The number of carbonyl (C=O) groups excluding carboxylic acids is 2. The first kappa shape index (κ1) is 30.2. The van der Waals surface area contributed by atoms with Crippen molar-refractivity contribution < 1.29 is 19.1 Å². The first-order valence-electron chi connectivity index (χ1n) is 14.2. The molecule has 0 aliphatic carbocycles. The van der Waals surface area contributed by atoms with Gasteiger partial charge in [-0.25, -0.2) is 0 Å². The molecule has 4 N–H and O–H groups in total. The highest BCUT2D eigenvalue weighted by molar-refractivity contribution is 5.75. The summed E-state index contributed by atoms with van der Waals surface area (Å²) in [6.07, 6.45) is 18.8. The zero-order valence-corrected chi connectivity index (χ0v) is 22.4. The van der Waals surface area contributed by atoms with E-state index in [1.807, 2.05) is 24.3 Å². The fraction of sp³-hybridized carbons (Fsp3) is 0.548. The third-order valence-corrected chi connectivity index (χ3v) is 6.55. The van der Waals surface area contributed by atoms with Gasteiger partial charge in [-0.3, -0.25) is 9.59 Å². The number of nitrogens with two attached hydrogens (primary N) is 2. The Morgan fingerprint density at radius 3 is 1.03 bits per heavy atom. The number of esters is 2. The molecule has 204 valence electrons. The second-order valence-corrected chi connectivity index (χ2v) is 9.83. The number of ether oxygens (including phenoxy) is 2. The number of rotatable bonds is 20. The van der Waals surface area contributed by atoms with Gasteiger partial charge in [0.2, 0.25) is 0 Å². The predicted octanol–water partition coefficient (Wildman–Crippen LogP) is 7.99. The van der Waals surface area contributed by atoms with Crippen molar-refractivity contribution in [2.75, 3.05) is 11.5 Å². The fourth-order valence-corrected chi connectivity index (χ4v) is 4.33. The molecule has 0 saturated heterocycles. The minimum absolute atomic E-state index is 0.201. The van der Waals surface area contributed by atoms with Gasteiger partial charge in [0.15, 0.2) is 11.5 Å². The van der Waals surface area contributed by atoms with E-state index in [1.165, 1.54) is 70.6 Å². The van der Waals surface area contributed by atoms with Crippen LogP contribution >= 0.6 is 0 Å². The molecule has 0 atom stereocenters. The molecule has 0 aliphatic heterocycles. The monoisotopic (exact) mass is 510 g/mol. The van der Waals surface area contributed by atoms with Crippen LogP contribution in [-0.4, -0.2) is 11.9 Å². The average molecular weight is 511 g/mol. The summed E-state index contributed by atoms with van der Waals surface area (Å²) < 4.78 is 10.6. The van der Waals surface area contributed by atoms with Crippen molar-refractivity contribution in [1.29, 1.82) is 0 Å². The molecule has 0 heterocycles. The second kappa shape index (κ2) is 19.1. The molecule has 2 aromatic carbocycles. The van der Waals surface area contributed by atoms with Crippen LogP contribution in [0.5, 0.6) is 11.5 Å². The summed E-state index contributed by atoms with van der Waals surface area (Å²) in [7, 11) is 0. The Labute approximate surface area is 223 Å². The SMILES string of the molecule is Nc1ccccc1OC(=O)CCCCCCCCCCCCCCCCCC(=O)Oc1ccccc1N. The maximum Gasteiger partial charge on any atom is 0.311 e. The van der Waals surface area contributed by atoms with Gasteiger partial charge >= 0.3 is 11.9 Å². The summed E-state index contributed by atoms with van der Waals surface area (Å²) in [5, 5.41) is 0. The van der Waals surface area contributed by atoms with Crippen LogP contribution in [0.25, 0.3) is 0 Å². The molecule has 0 aliphatic rings. The topological polar surface area (TPSA) is 105 Å². The van der Waals surface area contributed by atoms with Crippen LogP contribution < -0.4 is 20.9 Å². The largest absolute Gasteiger partial charge is 0.424 e. The second-order valence-electron chi connectivity index (χ2n) is 9.83. The summed E-state index contributed by atoms with van der Waals surface area (Å²) >= 11 is 0. The highest BCUT2D eigenvalue weighted by Gasteiger charge is 2.08. The Morgan fingerprint density at radius 2 is 0.730 bits per heavy atom. The first-order valence-corrected chi connectivity index (χ1v) is 14.2. The molecule has 0 amide bonds. The van der Waals surface area contributed by atoms with Crippen LogP contribution in [0.3, 0.4) is 0 Å². The van der Waals surface area contributed by atoms with E-state index in [4.69, 9.17) is 20.9 Å². The van der Waals surface area contributed by atoms with Crippen molar-refractivity contribution in [3.05, 3.63) is 48.5 Å². The third kappa shape index (κ3) is 14.3. The van der Waals surface area contributed by atoms with Crippen molar-refractivity contribution >= 4 is 23.3 Å². The Balaban J connectivity index is 1.29. The van der Waals surface area contributed by atoms with Crippen LogP contribution in [0, 0.1) is 0 Å². The molecule has 2 rings (SSSR count). The van der Waals surface area contributed by atoms with Crippen LogP contribution in [0.2, 0.25) is 0 Å². The van der Waals surface area contributed by atoms with Crippen LogP contribution in [0.4, 0.5) is 11.4 Å². The number of unbranched alkanes of at least 4 members (excludes halogenated alkanes) is 14. The maximum absolute atomic E-state index is 11.9. The molecule has 0 radical (unpaired) electrons. The van der Waals surface area contributed by atoms with Gasteiger partial charge in [0.25, 0.3) is 0 Å². The van der Waals surface area contributed by atoms with Crippen LogP contribution in [0.15, 0.2) is 48.5 Å².